The zero-order chi connectivity index (χ0) is 22.7. The first-order valence-electron chi connectivity index (χ1n) is 13.6. The zero-order valence-electron chi connectivity index (χ0n) is 20.5. The van der Waals surface area contributed by atoms with Crippen LogP contribution in [0.4, 0.5) is 0 Å². The summed E-state index contributed by atoms with van der Waals surface area (Å²) in [5.41, 5.74) is 3.06. The summed E-state index contributed by atoms with van der Waals surface area (Å²) in [7, 11) is 0. The molecule has 182 valence electrons. The van der Waals surface area contributed by atoms with E-state index in [1.54, 1.807) is 0 Å². The Morgan fingerprint density at radius 3 is 1.38 bits per heavy atom. The van der Waals surface area contributed by atoms with Gasteiger partial charge < -0.3 is 10.6 Å². The van der Waals surface area contributed by atoms with Crippen molar-refractivity contribution in [3.05, 3.63) is 23.3 Å². The van der Waals surface area contributed by atoms with Gasteiger partial charge in [-0.1, -0.05) is 61.8 Å². The molecule has 2 N–H and O–H groups in total. The Bertz CT molecular complexity index is 542. The molecular formula is C28H48N2O2. The van der Waals surface area contributed by atoms with Gasteiger partial charge in [0.05, 0.1) is 0 Å². The molecule has 2 aliphatic rings. The van der Waals surface area contributed by atoms with Crippen LogP contribution < -0.4 is 10.6 Å². The van der Waals surface area contributed by atoms with Gasteiger partial charge >= 0.3 is 0 Å². The first-order valence-corrected chi connectivity index (χ1v) is 13.6. The number of carbonyl (C=O) groups excluding carboxylic acids is 2. The molecule has 0 fully saturated rings. The van der Waals surface area contributed by atoms with Gasteiger partial charge in [-0.2, -0.15) is 0 Å². The van der Waals surface area contributed by atoms with Crippen LogP contribution in [-0.4, -0.2) is 24.9 Å². The van der Waals surface area contributed by atoms with E-state index >= 15 is 0 Å². The van der Waals surface area contributed by atoms with Gasteiger partial charge in [-0.25, -0.2) is 0 Å². The Labute approximate surface area is 197 Å². The molecule has 0 aliphatic heterocycles. The summed E-state index contributed by atoms with van der Waals surface area (Å²) in [4.78, 5) is 23.9. The van der Waals surface area contributed by atoms with Crippen LogP contribution in [0.3, 0.4) is 0 Å². The molecule has 0 radical (unpaired) electrons. The van der Waals surface area contributed by atoms with Crippen molar-refractivity contribution in [2.24, 2.45) is 0 Å². The Morgan fingerprint density at radius 2 is 1.00 bits per heavy atom. The maximum absolute atomic E-state index is 11.9. The lowest BCUT2D eigenvalue weighted by Crippen LogP contribution is -2.24. The minimum absolute atomic E-state index is 0.218. The molecule has 0 saturated heterocycles. The van der Waals surface area contributed by atoms with E-state index in [-0.39, 0.29) is 11.8 Å². The molecule has 0 heterocycles. The van der Waals surface area contributed by atoms with Gasteiger partial charge in [0.25, 0.3) is 0 Å². The minimum atomic E-state index is 0.218. The lowest BCUT2D eigenvalue weighted by molar-refractivity contribution is -0.122. The summed E-state index contributed by atoms with van der Waals surface area (Å²) in [6, 6.07) is 0. The molecule has 0 aromatic rings. The van der Waals surface area contributed by atoms with Crippen LogP contribution in [-0.2, 0) is 9.59 Å². The molecule has 2 aliphatic carbocycles. The van der Waals surface area contributed by atoms with Crippen molar-refractivity contribution in [3.63, 3.8) is 0 Å². The highest BCUT2D eigenvalue weighted by atomic mass is 16.2. The Balaban J connectivity index is 1.29. The number of allylic oxidation sites excluding steroid dienone is 2. The quantitative estimate of drug-likeness (QED) is 0.189. The Kier molecular flexibility index (Phi) is 14.9. The third-order valence-electron chi connectivity index (χ3n) is 6.86. The second kappa shape index (κ2) is 17.9. The lowest BCUT2D eigenvalue weighted by atomic mass is 9.97. The summed E-state index contributed by atoms with van der Waals surface area (Å²) < 4.78 is 0. The minimum Gasteiger partial charge on any atom is -0.356 e. The van der Waals surface area contributed by atoms with E-state index in [0.29, 0.717) is 12.8 Å². The van der Waals surface area contributed by atoms with Crippen molar-refractivity contribution in [1.29, 1.82) is 0 Å². The van der Waals surface area contributed by atoms with Crippen LogP contribution in [0.1, 0.15) is 128 Å². The van der Waals surface area contributed by atoms with E-state index in [2.05, 4.69) is 22.8 Å². The van der Waals surface area contributed by atoms with Crippen LogP contribution in [0.25, 0.3) is 0 Å². The van der Waals surface area contributed by atoms with Gasteiger partial charge in [0.1, 0.15) is 0 Å². The molecule has 2 amide bonds. The lowest BCUT2D eigenvalue weighted by Gasteiger charge is -2.13. The van der Waals surface area contributed by atoms with Crippen LogP contribution in [0.5, 0.6) is 0 Å². The highest BCUT2D eigenvalue weighted by Crippen LogP contribution is 2.20. The molecule has 0 aromatic heterocycles. The van der Waals surface area contributed by atoms with Gasteiger partial charge in [-0.15, -0.1) is 0 Å². The fourth-order valence-electron chi connectivity index (χ4n) is 4.80. The van der Waals surface area contributed by atoms with Crippen molar-refractivity contribution in [3.8, 4) is 0 Å². The van der Waals surface area contributed by atoms with Crippen molar-refractivity contribution in [1.82, 2.24) is 10.6 Å². The normalized spacial score (nSPS) is 16.2. The number of nitrogens with one attached hydrogen (secondary N) is 2. The Morgan fingerprint density at radius 1 is 0.594 bits per heavy atom. The predicted octanol–water partition coefficient (Wildman–Crippen LogP) is 6.90. The Hall–Kier alpha value is -1.58. The first kappa shape index (κ1) is 26.7. The number of carbonyl (C=O) groups is 2. The first-order chi connectivity index (χ1) is 15.7. The summed E-state index contributed by atoms with van der Waals surface area (Å²) >= 11 is 0. The monoisotopic (exact) mass is 444 g/mol. The second-order valence-electron chi connectivity index (χ2n) is 9.74. The number of hydrogen-bond acceptors (Lipinski definition) is 2. The van der Waals surface area contributed by atoms with E-state index in [1.807, 2.05) is 0 Å². The molecule has 4 heteroatoms. The number of amides is 2. The fourth-order valence-corrected chi connectivity index (χ4v) is 4.80. The third kappa shape index (κ3) is 13.8. The van der Waals surface area contributed by atoms with Gasteiger partial charge in [0.2, 0.25) is 11.8 Å². The van der Waals surface area contributed by atoms with Gasteiger partial charge in [-0.05, 0) is 77.0 Å². The molecule has 0 saturated carbocycles. The van der Waals surface area contributed by atoms with E-state index < -0.39 is 0 Å². The summed E-state index contributed by atoms with van der Waals surface area (Å²) in [5, 5.41) is 6.16. The van der Waals surface area contributed by atoms with E-state index in [1.165, 1.54) is 88.2 Å². The summed E-state index contributed by atoms with van der Waals surface area (Å²) in [6.45, 7) is 1.61. The smallest absolute Gasteiger partial charge is 0.220 e. The number of rotatable bonds is 17. The highest BCUT2D eigenvalue weighted by Gasteiger charge is 2.06. The van der Waals surface area contributed by atoms with E-state index in [9.17, 15) is 9.59 Å². The summed E-state index contributed by atoms with van der Waals surface area (Å²) in [6.07, 6.45) is 27.5. The third-order valence-corrected chi connectivity index (χ3v) is 6.86. The maximum Gasteiger partial charge on any atom is 0.220 e. The van der Waals surface area contributed by atoms with Crippen molar-refractivity contribution >= 4 is 11.8 Å². The van der Waals surface area contributed by atoms with Crippen LogP contribution >= 0.6 is 0 Å². The number of hydrogen-bond donors (Lipinski definition) is 2. The molecule has 4 nitrogen and oxygen atoms in total. The molecule has 32 heavy (non-hydrogen) atoms. The van der Waals surface area contributed by atoms with Crippen LogP contribution in [0.2, 0.25) is 0 Å². The zero-order valence-corrected chi connectivity index (χ0v) is 20.5. The maximum atomic E-state index is 11.9. The predicted molar refractivity (Wildman–Crippen MR) is 135 cm³/mol. The van der Waals surface area contributed by atoms with Crippen LogP contribution in [0.15, 0.2) is 23.3 Å². The highest BCUT2D eigenvalue weighted by molar-refractivity contribution is 5.76. The molecule has 0 bridgehead atoms. The standard InChI is InChI=1S/C28H48N2O2/c31-27(29-23-21-25-15-9-7-10-16-25)19-13-5-3-1-2-4-6-14-20-28(32)30-24-22-26-17-11-8-12-18-26/h15,17H,1-14,16,18-24H2,(H,29,31)(H,30,32). The molecule has 0 spiro atoms. The average Bonchev–Trinajstić information content (AvgIpc) is 2.81. The topological polar surface area (TPSA) is 58.2 Å². The summed E-state index contributed by atoms with van der Waals surface area (Å²) in [5.74, 6) is 0.435. The molecule has 0 atom stereocenters. The molecule has 0 aromatic carbocycles. The van der Waals surface area contributed by atoms with Crippen molar-refractivity contribution in [2.75, 3.05) is 13.1 Å². The average molecular weight is 445 g/mol. The molecule has 2 rings (SSSR count). The van der Waals surface area contributed by atoms with Gasteiger partial charge in [0.15, 0.2) is 0 Å². The van der Waals surface area contributed by atoms with Gasteiger partial charge in [-0.3, -0.25) is 9.59 Å². The SMILES string of the molecule is O=C(CCCCCCCCCCC(=O)NCCC1=CCCCC1)NCCC1=CCCCC1. The molecule has 0 unspecified atom stereocenters. The van der Waals surface area contributed by atoms with E-state index in [0.717, 1.165) is 51.6 Å². The van der Waals surface area contributed by atoms with Crippen molar-refractivity contribution in [2.45, 2.75) is 128 Å². The van der Waals surface area contributed by atoms with E-state index in [4.69, 9.17) is 0 Å². The van der Waals surface area contributed by atoms with Gasteiger partial charge in [0, 0.05) is 25.9 Å². The number of unbranched alkanes of at least 4 members (excludes halogenated alkanes) is 7. The fraction of sp³-hybridized carbons (Fsp3) is 0.786. The molecular weight excluding hydrogens is 396 g/mol. The van der Waals surface area contributed by atoms with Crippen molar-refractivity contribution < 1.29 is 9.59 Å². The second-order valence-corrected chi connectivity index (χ2v) is 9.74. The van der Waals surface area contributed by atoms with Crippen LogP contribution in [0, 0.1) is 0 Å². The largest absolute Gasteiger partial charge is 0.356 e.